The Balaban J connectivity index is 1.82. The number of halogens is 2. The zero-order valence-corrected chi connectivity index (χ0v) is 17.0. The van der Waals surface area contributed by atoms with Gasteiger partial charge in [-0.1, -0.05) is 46.0 Å². The Morgan fingerprint density at radius 1 is 0.857 bits per heavy atom. The van der Waals surface area contributed by atoms with E-state index in [9.17, 15) is 8.78 Å². The molecule has 28 heavy (non-hydrogen) atoms. The maximum absolute atomic E-state index is 13.7. The normalized spacial score (nSPS) is 13.3. The molecular formula is C23H32F2N2O. The second-order valence-corrected chi connectivity index (χ2v) is 7.24. The van der Waals surface area contributed by atoms with Crippen LogP contribution in [0, 0.1) is 0 Å². The van der Waals surface area contributed by atoms with E-state index in [4.69, 9.17) is 4.74 Å². The van der Waals surface area contributed by atoms with Gasteiger partial charge in [0.25, 0.3) is 0 Å². The van der Waals surface area contributed by atoms with Crippen LogP contribution in [0.25, 0.3) is 11.4 Å². The monoisotopic (exact) mass is 390 g/mol. The van der Waals surface area contributed by atoms with E-state index in [1.807, 2.05) is 31.5 Å². The summed E-state index contributed by atoms with van der Waals surface area (Å²) < 4.78 is 32.5. The molecule has 0 amide bonds. The number of alkyl halides is 2. The molecule has 0 unspecified atom stereocenters. The van der Waals surface area contributed by atoms with Crippen LogP contribution < -0.4 is 4.74 Å². The first-order valence-electron chi connectivity index (χ1n) is 10.5. The number of nitrogens with zero attached hydrogens (tertiary/aromatic N) is 2. The summed E-state index contributed by atoms with van der Waals surface area (Å²) in [6, 6.07) is 7.14. The third-order valence-electron chi connectivity index (χ3n) is 4.75. The molecule has 3 nitrogen and oxygen atoms in total. The average molecular weight is 391 g/mol. The van der Waals surface area contributed by atoms with Gasteiger partial charge in [0.2, 0.25) is 0 Å². The van der Waals surface area contributed by atoms with Gasteiger partial charge in [0.05, 0.1) is 0 Å². The van der Waals surface area contributed by atoms with Crippen molar-refractivity contribution >= 4 is 0 Å². The number of aromatic nitrogens is 2. The lowest BCUT2D eigenvalue weighted by molar-refractivity contribution is 0.103. The molecular weight excluding hydrogens is 358 g/mol. The second-order valence-electron chi connectivity index (χ2n) is 7.24. The molecule has 0 spiro atoms. The first kappa shape index (κ1) is 22.3. The Morgan fingerprint density at radius 3 is 2.18 bits per heavy atom. The average Bonchev–Trinajstić information content (AvgIpc) is 2.73. The minimum absolute atomic E-state index is 0.218. The standard InChI is InChI=1S/C23H32F2N2O/c1-3-5-6-7-8-10-18-15-26-23(27-16-18)19-11-13-20(14-12-19)28-17-22(25)21(24)9-4-2/h11-16,21-22H,3-10,17H2,1-2H3/t21-,22-/m0/s1. The summed E-state index contributed by atoms with van der Waals surface area (Å²) in [5.74, 6) is 1.16. The zero-order valence-electron chi connectivity index (χ0n) is 17.0. The fourth-order valence-electron chi connectivity index (χ4n) is 3.00. The minimum atomic E-state index is -1.60. The van der Waals surface area contributed by atoms with Crippen LogP contribution in [0.5, 0.6) is 5.75 Å². The van der Waals surface area contributed by atoms with Gasteiger partial charge in [0.15, 0.2) is 12.0 Å². The van der Waals surface area contributed by atoms with Crippen LogP contribution in [0.3, 0.4) is 0 Å². The molecule has 1 aromatic heterocycles. The summed E-state index contributed by atoms with van der Waals surface area (Å²) in [7, 11) is 0. The Bertz CT molecular complexity index is 661. The summed E-state index contributed by atoms with van der Waals surface area (Å²) in [5, 5.41) is 0. The van der Waals surface area contributed by atoms with Crippen molar-refractivity contribution in [2.75, 3.05) is 6.61 Å². The number of unbranched alkanes of at least 4 members (excludes halogenated alkanes) is 4. The van der Waals surface area contributed by atoms with Crippen molar-refractivity contribution in [2.45, 2.75) is 77.6 Å². The molecule has 0 bridgehead atoms. The molecule has 0 fully saturated rings. The van der Waals surface area contributed by atoms with E-state index in [2.05, 4.69) is 16.9 Å². The van der Waals surface area contributed by atoms with Crippen molar-refractivity contribution in [3.8, 4) is 17.1 Å². The predicted molar refractivity (Wildman–Crippen MR) is 110 cm³/mol. The highest BCUT2D eigenvalue weighted by Gasteiger charge is 2.20. The Hall–Kier alpha value is -2.04. The fraction of sp³-hybridized carbons (Fsp3) is 0.565. The van der Waals surface area contributed by atoms with Gasteiger partial charge in [-0.2, -0.15) is 0 Å². The van der Waals surface area contributed by atoms with Crippen LogP contribution in [0.15, 0.2) is 36.7 Å². The van der Waals surface area contributed by atoms with Gasteiger partial charge >= 0.3 is 0 Å². The molecule has 2 atom stereocenters. The van der Waals surface area contributed by atoms with Gasteiger partial charge in [-0.15, -0.1) is 0 Å². The lowest BCUT2D eigenvalue weighted by Crippen LogP contribution is -2.24. The molecule has 0 radical (unpaired) electrons. The summed E-state index contributed by atoms with van der Waals surface area (Å²) in [5.41, 5.74) is 2.02. The summed E-state index contributed by atoms with van der Waals surface area (Å²) in [6.45, 7) is 3.78. The first-order chi connectivity index (χ1) is 13.6. The number of benzene rings is 1. The summed E-state index contributed by atoms with van der Waals surface area (Å²) in [6.07, 6.45) is 8.81. The van der Waals surface area contributed by atoms with E-state index in [0.717, 1.165) is 17.5 Å². The zero-order chi connectivity index (χ0) is 20.2. The molecule has 0 N–H and O–H groups in total. The lowest BCUT2D eigenvalue weighted by atomic mass is 10.1. The van der Waals surface area contributed by atoms with Crippen LogP contribution in [0.4, 0.5) is 8.78 Å². The highest BCUT2D eigenvalue weighted by Crippen LogP contribution is 2.21. The molecule has 1 aromatic carbocycles. The van der Waals surface area contributed by atoms with Crippen molar-refractivity contribution < 1.29 is 13.5 Å². The molecule has 0 aliphatic carbocycles. The molecule has 2 rings (SSSR count). The first-order valence-corrected chi connectivity index (χ1v) is 10.5. The van der Waals surface area contributed by atoms with E-state index in [1.54, 1.807) is 12.1 Å². The van der Waals surface area contributed by atoms with Crippen molar-refractivity contribution in [2.24, 2.45) is 0 Å². The summed E-state index contributed by atoms with van der Waals surface area (Å²) >= 11 is 0. The van der Waals surface area contributed by atoms with Gasteiger partial charge < -0.3 is 4.74 Å². The number of ether oxygens (including phenoxy) is 1. The third-order valence-corrected chi connectivity index (χ3v) is 4.75. The van der Waals surface area contributed by atoms with Crippen LogP contribution >= 0.6 is 0 Å². The smallest absolute Gasteiger partial charge is 0.165 e. The van der Waals surface area contributed by atoms with Crippen LogP contribution in [-0.2, 0) is 6.42 Å². The Labute approximate surface area is 167 Å². The highest BCUT2D eigenvalue weighted by molar-refractivity contribution is 5.55. The van der Waals surface area contributed by atoms with E-state index in [1.165, 1.54) is 32.1 Å². The number of hydrogen-bond donors (Lipinski definition) is 0. The highest BCUT2D eigenvalue weighted by atomic mass is 19.2. The van der Waals surface area contributed by atoms with Gasteiger partial charge in [-0.3, -0.25) is 0 Å². The Morgan fingerprint density at radius 2 is 1.54 bits per heavy atom. The SMILES string of the molecule is CCCCCCCc1cnc(-c2ccc(OC[C@H](F)[C@@H](F)CCC)cc2)nc1. The molecule has 0 aliphatic rings. The van der Waals surface area contributed by atoms with E-state index in [-0.39, 0.29) is 13.0 Å². The van der Waals surface area contributed by atoms with Crippen molar-refractivity contribution in [3.63, 3.8) is 0 Å². The topological polar surface area (TPSA) is 35.0 Å². The molecule has 5 heteroatoms. The quantitative estimate of drug-likeness (QED) is 0.366. The van der Waals surface area contributed by atoms with Crippen LogP contribution in [0.1, 0.15) is 64.4 Å². The van der Waals surface area contributed by atoms with Gasteiger partial charge in [0.1, 0.15) is 18.5 Å². The summed E-state index contributed by atoms with van der Waals surface area (Å²) in [4.78, 5) is 8.90. The molecule has 2 aromatic rings. The van der Waals surface area contributed by atoms with Crippen molar-refractivity contribution in [1.82, 2.24) is 9.97 Å². The molecule has 1 heterocycles. The second kappa shape index (κ2) is 12.4. The predicted octanol–water partition coefficient (Wildman–Crippen LogP) is 6.51. The molecule has 0 saturated carbocycles. The lowest BCUT2D eigenvalue weighted by Gasteiger charge is -2.14. The minimum Gasteiger partial charge on any atom is -0.490 e. The fourth-order valence-corrected chi connectivity index (χ4v) is 3.00. The van der Waals surface area contributed by atoms with Gasteiger partial charge in [-0.05, 0) is 49.1 Å². The van der Waals surface area contributed by atoms with Gasteiger partial charge in [0, 0.05) is 18.0 Å². The molecule has 0 aliphatic heterocycles. The van der Waals surface area contributed by atoms with E-state index in [0.29, 0.717) is 18.0 Å². The largest absolute Gasteiger partial charge is 0.490 e. The molecule has 0 saturated heterocycles. The van der Waals surface area contributed by atoms with Crippen molar-refractivity contribution in [1.29, 1.82) is 0 Å². The maximum atomic E-state index is 13.7. The van der Waals surface area contributed by atoms with Crippen molar-refractivity contribution in [3.05, 3.63) is 42.2 Å². The molecule has 154 valence electrons. The van der Waals surface area contributed by atoms with Crippen LogP contribution in [-0.4, -0.2) is 28.9 Å². The third kappa shape index (κ3) is 7.53. The van der Waals surface area contributed by atoms with Gasteiger partial charge in [-0.25, -0.2) is 18.7 Å². The number of aryl methyl sites for hydroxylation is 1. The number of rotatable bonds is 13. The van der Waals surface area contributed by atoms with Crippen LogP contribution in [0.2, 0.25) is 0 Å². The number of hydrogen-bond acceptors (Lipinski definition) is 3. The Kier molecular flexibility index (Phi) is 9.87. The van der Waals surface area contributed by atoms with E-state index >= 15 is 0 Å². The van der Waals surface area contributed by atoms with E-state index < -0.39 is 12.3 Å². The maximum Gasteiger partial charge on any atom is 0.165 e.